The van der Waals surface area contributed by atoms with Crippen molar-refractivity contribution in [3.8, 4) is 0 Å². The molecule has 0 heterocycles. The van der Waals surface area contributed by atoms with Gasteiger partial charge in [-0.25, -0.2) is 4.57 Å². The van der Waals surface area contributed by atoms with Crippen LogP contribution in [-0.4, -0.2) is 49.9 Å². The second-order valence-electron chi connectivity index (χ2n) is 16.3. The SMILES string of the molecule is CC/C=C\C/C=C\C/C=C\C/C=C\C/C=C\C/C=C\C/C=C\CCCCCCOCC(COP(=O)(O)OCCN)OC(=O)CCCCCCCCC/C=C\CCCCCCCCC. The molecule has 0 rings (SSSR count). The van der Waals surface area contributed by atoms with Gasteiger partial charge in [0.25, 0.3) is 0 Å². The number of hydrogen-bond acceptors (Lipinski definition) is 7. The first-order valence-electron chi connectivity index (χ1n) is 25.2. The predicted octanol–water partition coefficient (Wildman–Crippen LogP) is 15.8. The Labute approximate surface area is 387 Å². The van der Waals surface area contributed by atoms with Gasteiger partial charge in [-0.1, -0.05) is 195 Å². The number of phosphoric ester groups is 1. The summed E-state index contributed by atoms with van der Waals surface area (Å²) in [5.41, 5.74) is 5.38. The van der Waals surface area contributed by atoms with Crippen LogP contribution in [0.3, 0.4) is 0 Å². The van der Waals surface area contributed by atoms with Gasteiger partial charge in [0.05, 0.1) is 19.8 Å². The quantitative estimate of drug-likeness (QED) is 0.0268. The van der Waals surface area contributed by atoms with E-state index in [-0.39, 0.29) is 32.3 Å². The molecule has 2 unspecified atom stereocenters. The van der Waals surface area contributed by atoms with E-state index in [0.717, 1.165) is 96.3 Å². The van der Waals surface area contributed by atoms with Crippen LogP contribution in [0.5, 0.6) is 0 Å². The topological polar surface area (TPSA) is 117 Å². The van der Waals surface area contributed by atoms with Crippen molar-refractivity contribution < 1.29 is 32.8 Å². The van der Waals surface area contributed by atoms with Crippen LogP contribution < -0.4 is 5.73 Å². The zero-order valence-corrected chi connectivity index (χ0v) is 41.2. The Morgan fingerprint density at radius 3 is 1.35 bits per heavy atom. The van der Waals surface area contributed by atoms with Crippen LogP contribution >= 0.6 is 7.82 Å². The maximum absolute atomic E-state index is 12.6. The Balaban J connectivity index is 4.06. The Kier molecular flexibility index (Phi) is 48.4. The van der Waals surface area contributed by atoms with E-state index < -0.39 is 13.9 Å². The highest BCUT2D eigenvalue weighted by Crippen LogP contribution is 2.43. The van der Waals surface area contributed by atoms with Crippen LogP contribution in [0.1, 0.15) is 200 Å². The van der Waals surface area contributed by atoms with E-state index in [1.165, 1.54) is 83.5 Å². The minimum Gasteiger partial charge on any atom is -0.457 e. The first kappa shape index (κ1) is 60.4. The molecular formula is C54H94NO7P. The van der Waals surface area contributed by atoms with Crippen molar-refractivity contribution in [2.24, 2.45) is 5.73 Å². The fourth-order valence-electron chi connectivity index (χ4n) is 6.56. The van der Waals surface area contributed by atoms with Crippen LogP contribution in [-0.2, 0) is 27.9 Å². The van der Waals surface area contributed by atoms with Crippen LogP contribution in [0, 0.1) is 0 Å². The van der Waals surface area contributed by atoms with Gasteiger partial charge in [-0.15, -0.1) is 0 Å². The fraction of sp³-hybridized carbons (Fsp3) is 0.685. The Hall–Kier alpha value is -2.58. The standard InChI is InChI=1S/C54H94NO7P/c1-3-5-7-9-11-13-15-17-19-21-23-24-25-26-27-28-29-30-32-34-36-38-40-42-44-46-49-59-51-53(52-61-63(57,58)60-50-48-55)62-54(56)47-45-43-41-39-37-35-33-31-22-20-18-16-14-12-10-8-6-4-2/h5,7,11,13,17,19-20,22-24,26-27,29-30,34,36,53H,3-4,6,8-10,12,14-16,18,21,25,28,31-33,35,37-52,55H2,1-2H3,(H,57,58)/b7-5-,13-11-,19-17-,22-20-,24-23-,27-26-,30-29-,36-34-. The maximum Gasteiger partial charge on any atom is 0.472 e. The molecule has 362 valence electrons. The summed E-state index contributed by atoms with van der Waals surface area (Å²) in [5.74, 6) is -0.347. The molecule has 0 aliphatic rings. The molecule has 0 aromatic carbocycles. The number of nitrogens with two attached hydrogens (primary N) is 1. The summed E-state index contributed by atoms with van der Waals surface area (Å²) >= 11 is 0. The van der Waals surface area contributed by atoms with Crippen molar-refractivity contribution in [1.29, 1.82) is 0 Å². The van der Waals surface area contributed by atoms with Gasteiger partial charge in [0.15, 0.2) is 0 Å². The molecule has 0 radical (unpaired) electrons. The van der Waals surface area contributed by atoms with Gasteiger partial charge in [0.1, 0.15) is 6.10 Å². The highest BCUT2D eigenvalue weighted by molar-refractivity contribution is 7.47. The molecule has 0 amide bonds. The lowest BCUT2D eigenvalue weighted by molar-refractivity contribution is -0.154. The first-order valence-corrected chi connectivity index (χ1v) is 26.7. The van der Waals surface area contributed by atoms with Crippen molar-refractivity contribution in [2.75, 3.05) is 33.0 Å². The number of ether oxygens (including phenoxy) is 2. The average Bonchev–Trinajstić information content (AvgIpc) is 3.28. The molecule has 0 aromatic rings. The van der Waals surface area contributed by atoms with Gasteiger partial charge in [-0.2, -0.15) is 0 Å². The van der Waals surface area contributed by atoms with Gasteiger partial charge in [0, 0.05) is 19.6 Å². The normalized spacial score (nSPS) is 14.2. The van der Waals surface area contributed by atoms with E-state index in [0.29, 0.717) is 13.0 Å². The van der Waals surface area contributed by atoms with Crippen LogP contribution in [0.4, 0.5) is 0 Å². The third kappa shape index (κ3) is 50.3. The average molecular weight is 900 g/mol. The lowest BCUT2D eigenvalue weighted by atomic mass is 10.1. The Morgan fingerprint density at radius 1 is 0.492 bits per heavy atom. The Morgan fingerprint density at radius 2 is 0.889 bits per heavy atom. The second kappa shape index (κ2) is 50.4. The molecule has 0 aromatic heterocycles. The summed E-state index contributed by atoms with van der Waals surface area (Å²) in [6.45, 7) is 4.73. The summed E-state index contributed by atoms with van der Waals surface area (Å²) in [6, 6.07) is 0. The minimum atomic E-state index is -4.30. The maximum atomic E-state index is 12.6. The highest BCUT2D eigenvalue weighted by atomic mass is 31.2. The van der Waals surface area contributed by atoms with Crippen molar-refractivity contribution in [3.63, 3.8) is 0 Å². The molecule has 63 heavy (non-hydrogen) atoms. The number of allylic oxidation sites excluding steroid dienone is 16. The van der Waals surface area contributed by atoms with E-state index in [9.17, 15) is 14.3 Å². The number of carbonyl (C=O) groups excluding carboxylic acids is 1. The minimum absolute atomic E-state index is 0.0901. The molecule has 0 aliphatic carbocycles. The summed E-state index contributed by atoms with van der Waals surface area (Å²) in [7, 11) is -4.30. The molecule has 0 saturated heterocycles. The molecule has 0 saturated carbocycles. The van der Waals surface area contributed by atoms with Crippen molar-refractivity contribution in [2.45, 2.75) is 206 Å². The summed E-state index contributed by atoms with van der Waals surface area (Å²) < 4.78 is 33.5. The lowest BCUT2D eigenvalue weighted by Crippen LogP contribution is -2.28. The van der Waals surface area contributed by atoms with E-state index in [1.54, 1.807) is 0 Å². The van der Waals surface area contributed by atoms with Crippen LogP contribution in [0.15, 0.2) is 97.2 Å². The van der Waals surface area contributed by atoms with Gasteiger partial charge in [-0.05, 0) is 96.3 Å². The fourth-order valence-corrected chi connectivity index (χ4v) is 7.32. The lowest BCUT2D eigenvalue weighted by Gasteiger charge is -2.20. The molecule has 0 spiro atoms. The zero-order chi connectivity index (χ0) is 45.8. The number of carbonyl (C=O) groups is 1. The number of unbranched alkanes of at least 4 members (excludes halogenated alkanes) is 18. The predicted molar refractivity (Wildman–Crippen MR) is 270 cm³/mol. The second-order valence-corrected chi connectivity index (χ2v) is 17.7. The van der Waals surface area contributed by atoms with Gasteiger partial charge < -0.3 is 20.1 Å². The number of phosphoric acid groups is 1. The van der Waals surface area contributed by atoms with Crippen LogP contribution in [0.25, 0.3) is 0 Å². The van der Waals surface area contributed by atoms with Gasteiger partial charge in [-0.3, -0.25) is 13.8 Å². The molecule has 9 heteroatoms. The molecule has 8 nitrogen and oxygen atoms in total. The molecule has 0 aliphatic heterocycles. The van der Waals surface area contributed by atoms with Gasteiger partial charge in [0.2, 0.25) is 0 Å². The van der Waals surface area contributed by atoms with Crippen molar-refractivity contribution in [1.82, 2.24) is 0 Å². The van der Waals surface area contributed by atoms with Gasteiger partial charge >= 0.3 is 13.8 Å². The number of esters is 1. The molecule has 0 fully saturated rings. The summed E-state index contributed by atoms with van der Waals surface area (Å²) in [4.78, 5) is 22.6. The summed E-state index contributed by atoms with van der Waals surface area (Å²) in [5, 5.41) is 0. The van der Waals surface area contributed by atoms with E-state index >= 15 is 0 Å². The number of rotatable bonds is 47. The van der Waals surface area contributed by atoms with Crippen molar-refractivity contribution >= 4 is 13.8 Å². The highest BCUT2D eigenvalue weighted by Gasteiger charge is 2.25. The largest absolute Gasteiger partial charge is 0.472 e. The van der Waals surface area contributed by atoms with E-state index in [4.69, 9.17) is 24.3 Å². The molecule has 3 N–H and O–H groups in total. The van der Waals surface area contributed by atoms with E-state index in [2.05, 4.69) is 111 Å². The molecule has 2 atom stereocenters. The zero-order valence-electron chi connectivity index (χ0n) is 40.3. The van der Waals surface area contributed by atoms with Crippen LogP contribution in [0.2, 0.25) is 0 Å². The van der Waals surface area contributed by atoms with Crippen molar-refractivity contribution in [3.05, 3.63) is 97.2 Å². The van der Waals surface area contributed by atoms with E-state index in [1.807, 2.05) is 0 Å². The third-order valence-corrected chi connectivity index (χ3v) is 11.2. The third-order valence-electron chi connectivity index (χ3n) is 10.2. The molecule has 0 bridgehead atoms. The summed E-state index contributed by atoms with van der Waals surface area (Å²) in [6.07, 6.45) is 67.2. The number of hydrogen-bond donors (Lipinski definition) is 2. The first-order chi connectivity index (χ1) is 30.9. The smallest absolute Gasteiger partial charge is 0.457 e. The monoisotopic (exact) mass is 900 g/mol. The Bertz CT molecular complexity index is 1280. The molecular weight excluding hydrogens is 806 g/mol.